The summed E-state index contributed by atoms with van der Waals surface area (Å²) in [7, 11) is 2.14. The van der Waals surface area contributed by atoms with E-state index in [1.165, 1.54) is 0 Å². The van der Waals surface area contributed by atoms with Crippen molar-refractivity contribution in [2.75, 3.05) is 25.5 Å². The Morgan fingerprint density at radius 1 is 1.18 bits per heavy atom. The van der Waals surface area contributed by atoms with E-state index in [2.05, 4.69) is 46.3 Å². The predicted molar refractivity (Wildman–Crippen MR) is 70.2 cm³/mol. The van der Waals surface area contributed by atoms with Crippen molar-refractivity contribution in [3.63, 3.8) is 0 Å². The number of hydrogen-bond donors (Lipinski definition) is 1. The lowest BCUT2D eigenvalue weighted by atomic mass is 10.3. The van der Waals surface area contributed by atoms with E-state index >= 15 is 0 Å². The highest BCUT2D eigenvalue weighted by Crippen LogP contribution is 2.02. The minimum Gasteiger partial charge on any atom is -0.353 e. The van der Waals surface area contributed by atoms with E-state index in [0.29, 0.717) is 12.0 Å². The number of aromatic nitrogens is 3. The Kier molecular flexibility index (Phi) is 5.28. The van der Waals surface area contributed by atoms with Crippen LogP contribution >= 0.6 is 0 Å². The molecular weight excluding hydrogens is 214 g/mol. The highest BCUT2D eigenvalue weighted by Gasteiger charge is 2.03. The lowest BCUT2D eigenvalue weighted by molar-refractivity contribution is 0.273. The fourth-order valence-corrected chi connectivity index (χ4v) is 1.32. The van der Waals surface area contributed by atoms with Crippen molar-refractivity contribution in [1.82, 2.24) is 20.1 Å². The van der Waals surface area contributed by atoms with E-state index in [1.807, 2.05) is 13.8 Å². The van der Waals surface area contributed by atoms with Gasteiger partial charge in [-0.15, -0.1) is 5.10 Å². The predicted octanol–water partition coefficient (Wildman–Crippen LogP) is 1.63. The monoisotopic (exact) mass is 237 g/mol. The molecule has 1 N–H and O–H groups in total. The largest absolute Gasteiger partial charge is 0.353 e. The summed E-state index contributed by atoms with van der Waals surface area (Å²) < 4.78 is 0. The van der Waals surface area contributed by atoms with Crippen LogP contribution in [0, 0.1) is 13.8 Å². The molecule has 96 valence electrons. The number of anilines is 1. The van der Waals surface area contributed by atoms with Gasteiger partial charge in [-0.2, -0.15) is 5.10 Å². The Morgan fingerprint density at radius 3 is 2.47 bits per heavy atom. The van der Waals surface area contributed by atoms with Crippen molar-refractivity contribution >= 4 is 5.95 Å². The van der Waals surface area contributed by atoms with E-state index in [9.17, 15) is 0 Å². The Morgan fingerprint density at radius 2 is 1.88 bits per heavy atom. The van der Waals surface area contributed by atoms with Crippen LogP contribution in [0.25, 0.3) is 0 Å². The average Bonchev–Trinajstić information content (AvgIpc) is 2.28. The molecule has 0 fully saturated rings. The molecule has 0 aliphatic rings. The zero-order chi connectivity index (χ0) is 12.8. The molecule has 0 aliphatic heterocycles. The summed E-state index contributed by atoms with van der Waals surface area (Å²) in [5.74, 6) is 0.625. The van der Waals surface area contributed by atoms with Crippen LogP contribution in [0.4, 0.5) is 5.95 Å². The van der Waals surface area contributed by atoms with Gasteiger partial charge in [-0.05, 0) is 47.7 Å². The van der Waals surface area contributed by atoms with Crippen molar-refractivity contribution in [1.29, 1.82) is 0 Å². The first-order chi connectivity index (χ1) is 8.00. The van der Waals surface area contributed by atoms with Gasteiger partial charge in [-0.25, -0.2) is 4.98 Å². The van der Waals surface area contributed by atoms with Crippen LogP contribution in [0.3, 0.4) is 0 Å². The molecule has 1 heterocycles. The van der Waals surface area contributed by atoms with Crippen LogP contribution in [-0.2, 0) is 0 Å². The molecular formula is C12H23N5. The molecule has 0 aliphatic carbocycles. The van der Waals surface area contributed by atoms with Crippen LogP contribution in [-0.4, -0.2) is 46.3 Å². The molecule has 0 radical (unpaired) electrons. The lowest BCUT2D eigenvalue weighted by Gasteiger charge is -2.20. The molecule has 0 spiro atoms. The minimum absolute atomic E-state index is 0.592. The maximum Gasteiger partial charge on any atom is 0.242 e. The molecule has 0 atom stereocenters. The molecule has 1 aromatic heterocycles. The van der Waals surface area contributed by atoms with Gasteiger partial charge in [-0.1, -0.05) is 0 Å². The normalized spacial score (nSPS) is 11.2. The van der Waals surface area contributed by atoms with E-state index < -0.39 is 0 Å². The first-order valence-electron chi connectivity index (χ1n) is 6.12. The summed E-state index contributed by atoms with van der Waals surface area (Å²) in [6, 6.07) is 0.592. The Balaban J connectivity index is 2.29. The lowest BCUT2D eigenvalue weighted by Crippen LogP contribution is -2.28. The van der Waals surface area contributed by atoms with Gasteiger partial charge in [-0.3, -0.25) is 0 Å². The second kappa shape index (κ2) is 6.49. The Hall–Kier alpha value is -1.23. The molecule has 1 aromatic rings. The first kappa shape index (κ1) is 13.8. The standard InChI is InChI=1S/C12H23N5/c1-9(2)17(5)8-6-7-13-12-14-10(3)11(4)15-16-12/h9H,6-8H2,1-5H3,(H,13,14,16). The van der Waals surface area contributed by atoms with Crippen LogP contribution in [0.2, 0.25) is 0 Å². The SMILES string of the molecule is Cc1nnc(NCCCN(C)C(C)C)nc1C. The number of hydrogen-bond acceptors (Lipinski definition) is 5. The van der Waals surface area contributed by atoms with E-state index in [4.69, 9.17) is 0 Å². The maximum atomic E-state index is 4.33. The van der Waals surface area contributed by atoms with Crippen LogP contribution in [0.15, 0.2) is 0 Å². The van der Waals surface area contributed by atoms with Crippen molar-refractivity contribution in [3.05, 3.63) is 11.4 Å². The van der Waals surface area contributed by atoms with Gasteiger partial charge in [0.2, 0.25) is 5.95 Å². The summed E-state index contributed by atoms with van der Waals surface area (Å²) in [6.45, 7) is 10.2. The van der Waals surface area contributed by atoms with Gasteiger partial charge in [0, 0.05) is 12.6 Å². The van der Waals surface area contributed by atoms with Gasteiger partial charge >= 0.3 is 0 Å². The third kappa shape index (κ3) is 4.65. The number of nitrogens with one attached hydrogen (secondary N) is 1. The van der Waals surface area contributed by atoms with Gasteiger partial charge in [0.1, 0.15) is 0 Å². The fraction of sp³-hybridized carbons (Fsp3) is 0.750. The molecule has 17 heavy (non-hydrogen) atoms. The van der Waals surface area contributed by atoms with Crippen LogP contribution < -0.4 is 5.32 Å². The first-order valence-corrected chi connectivity index (χ1v) is 6.12. The number of rotatable bonds is 6. The molecule has 1 rings (SSSR count). The van der Waals surface area contributed by atoms with Crippen molar-refractivity contribution < 1.29 is 0 Å². The quantitative estimate of drug-likeness (QED) is 0.762. The van der Waals surface area contributed by atoms with Crippen molar-refractivity contribution in [2.45, 2.75) is 40.2 Å². The van der Waals surface area contributed by atoms with Crippen LogP contribution in [0.5, 0.6) is 0 Å². The number of aryl methyl sites for hydroxylation is 2. The Labute approximate surface area is 104 Å². The zero-order valence-electron chi connectivity index (χ0n) is 11.5. The zero-order valence-corrected chi connectivity index (χ0v) is 11.5. The summed E-state index contributed by atoms with van der Waals surface area (Å²) in [5.41, 5.74) is 1.82. The van der Waals surface area contributed by atoms with Crippen molar-refractivity contribution in [3.8, 4) is 0 Å². The molecule has 0 saturated heterocycles. The summed E-state index contributed by atoms with van der Waals surface area (Å²) in [5, 5.41) is 11.2. The van der Waals surface area contributed by atoms with Gasteiger partial charge in [0.15, 0.2) is 0 Å². The number of nitrogens with zero attached hydrogens (tertiary/aromatic N) is 4. The van der Waals surface area contributed by atoms with Crippen LogP contribution in [0.1, 0.15) is 31.7 Å². The fourth-order valence-electron chi connectivity index (χ4n) is 1.32. The highest BCUT2D eigenvalue weighted by molar-refractivity contribution is 5.24. The van der Waals surface area contributed by atoms with E-state index in [1.54, 1.807) is 0 Å². The molecule has 0 amide bonds. The van der Waals surface area contributed by atoms with Gasteiger partial charge in [0.05, 0.1) is 11.4 Å². The molecule has 0 saturated carbocycles. The molecule has 5 heteroatoms. The Bertz CT molecular complexity index is 351. The van der Waals surface area contributed by atoms with Crippen molar-refractivity contribution in [2.24, 2.45) is 0 Å². The molecule has 5 nitrogen and oxygen atoms in total. The molecule has 0 aromatic carbocycles. The smallest absolute Gasteiger partial charge is 0.242 e. The second-order valence-corrected chi connectivity index (χ2v) is 4.66. The van der Waals surface area contributed by atoms with Gasteiger partial charge < -0.3 is 10.2 Å². The average molecular weight is 237 g/mol. The van der Waals surface area contributed by atoms with E-state index in [-0.39, 0.29) is 0 Å². The summed E-state index contributed by atoms with van der Waals surface area (Å²) in [6.07, 6.45) is 1.07. The molecule has 0 bridgehead atoms. The summed E-state index contributed by atoms with van der Waals surface area (Å²) in [4.78, 5) is 6.65. The minimum atomic E-state index is 0.592. The van der Waals surface area contributed by atoms with Gasteiger partial charge in [0.25, 0.3) is 0 Å². The third-order valence-electron chi connectivity index (χ3n) is 2.94. The maximum absolute atomic E-state index is 4.33. The third-order valence-corrected chi connectivity index (χ3v) is 2.94. The molecule has 0 unspecified atom stereocenters. The highest BCUT2D eigenvalue weighted by atomic mass is 15.2. The second-order valence-electron chi connectivity index (χ2n) is 4.66. The van der Waals surface area contributed by atoms with E-state index in [0.717, 1.165) is 30.9 Å². The summed E-state index contributed by atoms with van der Waals surface area (Å²) >= 11 is 0. The topological polar surface area (TPSA) is 53.9 Å².